The van der Waals surface area contributed by atoms with Crippen molar-refractivity contribution in [1.29, 1.82) is 0 Å². The lowest BCUT2D eigenvalue weighted by Crippen LogP contribution is -2.13. The molecule has 1 aromatic carbocycles. The van der Waals surface area contributed by atoms with Gasteiger partial charge in [0.25, 0.3) is 0 Å². The van der Waals surface area contributed by atoms with Crippen LogP contribution in [0.25, 0.3) is 0 Å². The first-order valence-electron chi connectivity index (χ1n) is 5.30. The van der Waals surface area contributed by atoms with Crippen LogP contribution in [0.3, 0.4) is 0 Å². The Morgan fingerprint density at radius 3 is 2.29 bits per heavy atom. The van der Waals surface area contributed by atoms with Gasteiger partial charge in [0.15, 0.2) is 0 Å². The fourth-order valence-corrected chi connectivity index (χ4v) is 3.45. The van der Waals surface area contributed by atoms with E-state index in [-0.39, 0.29) is 0 Å². The first-order valence-corrected chi connectivity index (χ1v) is 7.64. The summed E-state index contributed by atoms with van der Waals surface area (Å²) < 4.78 is 29.2. The topological polar surface area (TPSA) is 44.8 Å². The molecule has 0 bridgehead atoms. The van der Waals surface area contributed by atoms with Crippen molar-refractivity contribution < 1.29 is 18.3 Å². The number of ether oxygens (including phenoxy) is 1. The van der Waals surface area contributed by atoms with E-state index in [0.29, 0.717) is 24.3 Å². The standard InChI is InChI=1S/C11H16BrO4P/c1-4-15-17(13,16-5-2)11-7-6-9(12)8-10(11)14-3/h6-8H,4-5H2,1-3H3. The molecule has 0 fully saturated rings. The maximum absolute atomic E-state index is 12.6. The number of benzene rings is 1. The van der Waals surface area contributed by atoms with Crippen molar-refractivity contribution >= 4 is 28.8 Å². The molecule has 0 aliphatic rings. The largest absolute Gasteiger partial charge is 0.496 e. The van der Waals surface area contributed by atoms with Gasteiger partial charge in [-0.3, -0.25) is 4.57 Å². The summed E-state index contributed by atoms with van der Waals surface area (Å²) in [6.07, 6.45) is 0. The predicted octanol–water partition coefficient (Wildman–Crippen LogP) is 3.35. The van der Waals surface area contributed by atoms with Gasteiger partial charge >= 0.3 is 7.60 Å². The second-order valence-corrected chi connectivity index (χ2v) is 6.06. The van der Waals surface area contributed by atoms with Gasteiger partial charge in [-0.25, -0.2) is 0 Å². The van der Waals surface area contributed by atoms with E-state index >= 15 is 0 Å². The molecule has 96 valence electrons. The molecule has 0 radical (unpaired) electrons. The van der Waals surface area contributed by atoms with E-state index in [1.807, 2.05) is 0 Å². The lowest BCUT2D eigenvalue weighted by Gasteiger charge is -2.19. The third-order valence-corrected chi connectivity index (χ3v) is 4.68. The highest BCUT2D eigenvalue weighted by Crippen LogP contribution is 2.49. The van der Waals surface area contributed by atoms with Gasteiger partial charge in [0.2, 0.25) is 0 Å². The molecule has 0 spiro atoms. The minimum Gasteiger partial charge on any atom is -0.496 e. The average Bonchev–Trinajstić information content (AvgIpc) is 2.29. The number of hydrogen-bond donors (Lipinski definition) is 0. The molecule has 0 heterocycles. The summed E-state index contributed by atoms with van der Waals surface area (Å²) in [5.41, 5.74) is 0. The predicted molar refractivity (Wildman–Crippen MR) is 71.2 cm³/mol. The molecule has 4 nitrogen and oxygen atoms in total. The van der Waals surface area contributed by atoms with E-state index in [2.05, 4.69) is 15.9 Å². The van der Waals surface area contributed by atoms with Crippen LogP contribution < -0.4 is 10.0 Å². The summed E-state index contributed by atoms with van der Waals surface area (Å²) in [7, 11) is -1.77. The van der Waals surface area contributed by atoms with Gasteiger partial charge in [0.1, 0.15) is 11.1 Å². The van der Waals surface area contributed by atoms with Crippen LogP contribution in [0.5, 0.6) is 5.75 Å². The van der Waals surface area contributed by atoms with Gasteiger partial charge in [0.05, 0.1) is 20.3 Å². The van der Waals surface area contributed by atoms with Crippen molar-refractivity contribution in [1.82, 2.24) is 0 Å². The molecule has 0 atom stereocenters. The van der Waals surface area contributed by atoms with Crippen LogP contribution >= 0.6 is 23.5 Å². The van der Waals surface area contributed by atoms with Crippen molar-refractivity contribution in [3.05, 3.63) is 22.7 Å². The third-order valence-electron chi connectivity index (χ3n) is 2.03. The van der Waals surface area contributed by atoms with E-state index in [4.69, 9.17) is 13.8 Å². The maximum Gasteiger partial charge on any atom is 0.365 e. The summed E-state index contributed by atoms with van der Waals surface area (Å²) in [5, 5.41) is 0.451. The summed E-state index contributed by atoms with van der Waals surface area (Å²) in [6, 6.07) is 5.21. The Morgan fingerprint density at radius 2 is 1.82 bits per heavy atom. The zero-order chi connectivity index (χ0) is 12.9. The quantitative estimate of drug-likeness (QED) is 0.753. The number of hydrogen-bond acceptors (Lipinski definition) is 4. The normalized spacial score (nSPS) is 11.5. The Bertz CT molecular complexity index is 412. The van der Waals surface area contributed by atoms with Crippen LogP contribution in [0.4, 0.5) is 0 Å². The minimum absolute atomic E-state index is 0.316. The van der Waals surface area contributed by atoms with Crippen molar-refractivity contribution in [3.8, 4) is 5.75 Å². The number of rotatable bonds is 6. The van der Waals surface area contributed by atoms with Crippen LogP contribution in [0.2, 0.25) is 0 Å². The molecule has 0 amide bonds. The molecule has 0 saturated carbocycles. The lowest BCUT2D eigenvalue weighted by molar-refractivity contribution is 0.229. The molecule has 17 heavy (non-hydrogen) atoms. The van der Waals surface area contributed by atoms with Gasteiger partial charge in [-0.2, -0.15) is 0 Å². The van der Waals surface area contributed by atoms with Gasteiger partial charge in [-0.05, 0) is 32.0 Å². The molecular weight excluding hydrogens is 307 g/mol. The SMILES string of the molecule is CCOP(=O)(OCC)c1ccc(Br)cc1OC. The first-order chi connectivity index (χ1) is 8.07. The first kappa shape index (κ1) is 14.7. The average molecular weight is 323 g/mol. The molecular formula is C11H16BrO4P. The summed E-state index contributed by atoms with van der Waals surface area (Å²) >= 11 is 3.33. The Kier molecular flexibility index (Phi) is 5.67. The van der Waals surface area contributed by atoms with E-state index in [1.54, 1.807) is 32.0 Å². The molecule has 1 aromatic rings. The zero-order valence-corrected chi connectivity index (χ0v) is 12.6. The highest BCUT2D eigenvalue weighted by atomic mass is 79.9. The molecule has 0 saturated heterocycles. The van der Waals surface area contributed by atoms with Crippen LogP contribution in [-0.2, 0) is 13.6 Å². The van der Waals surface area contributed by atoms with E-state index in [0.717, 1.165) is 4.47 Å². The van der Waals surface area contributed by atoms with Crippen molar-refractivity contribution in [2.24, 2.45) is 0 Å². The van der Waals surface area contributed by atoms with E-state index in [9.17, 15) is 4.57 Å². The van der Waals surface area contributed by atoms with Crippen LogP contribution in [-0.4, -0.2) is 20.3 Å². The van der Waals surface area contributed by atoms with Gasteiger partial charge in [-0.1, -0.05) is 15.9 Å². The van der Waals surface area contributed by atoms with Crippen molar-refractivity contribution in [2.75, 3.05) is 20.3 Å². The Morgan fingerprint density at radius 1 is 1.24 bits per heavy atom. The molecule has 0 aromatic heterocycles. The fourth-order valence-electron chi connectivity index (χ4n) is 1.39. The smallest absolute Gasteiger partial charge is 0.365 e. The fraction of sp³-hybridized carbons (Fsp3) is 0.455. The van der Waals surface area contributed by atoms with E-state index in [1.165, 1.54) is 7.11 Å². The summed E-state index contributed by atoms with van der Waals surface area (Å²) in [4.78, 5) is 0. The Labute approximate surface area is 110 Å². The highest BCUT2D eigenvalue weighted by molar-refractivity contribution is 9.10. The molecule has 1 rings (SSSR count). The second kappa shape index (κ2) is 6.55. The third kappa shape index (κ3) is 3.55. The monoisotopic (exact) mass is 322 g/mol. The molecule has 0 unspecified atom stereocenters. The number of halogens is 1. The van der Waals surface area contributed by atoms with Gasteiger partial charge in [-0.15, -0.1) is 0 Å². The van der Waals surface area contributed by atoms with Crippen LogP contribution in [0.15, 0.2) is 22.7 Å². The minimum atomic E-state index is -3.29. The van der Waals surface area contributed by atoms with E-state index < -0.39 is 7.60 Å². The molecule has 0 N–H and O–H groups in total. The van der Waals surface area contributed by atoms with Crippen molar-refractivity contribution in [3.63, 3.8) is 0 Å². The van der Waals surface area contributed by atoms with Crippen LogP contribution in [0.1, 0.15) is 13.8 Å². The second-order valence-electron chi connectivity index (χ2n) is 3.15. The summed E-state index contributed by atoms with van der Waals surface area (Å²) in [5.74, 6) is 0.490. The molecule has 0 aliphatic heterocycles. The van der Waals surface area contributed by atoms with Gasteiger partial charge < -0.3 is 13.8 Å². The Hall–Kier alpha value is -0.350. The zero-order valence-electron chi connectivity index (χ0n) is 10.1. The van der Waals surface area contributed by atoms with Crippen molar-refractivity contribution in [2.45, 2.75) is 13.8 Å². The molecule has 6 heteroatoms. The maximum atomic E-state index is 12.6. The van der Waals surface area contributed by atoms with Crippen LogP contribution in [0, 0.1) is 0 Å². The summed E-state index contributed by atoms with van der Waals surface area (Å²) in [6.45, 7) is 4.18. The Balaban J connectivity index is 3.22. The molecule has 0 aliphatic carbocycles. The number of methoxy groups -OCH3 is 1. The van der Waals surface area contributed by atoms with Gasteiger partial charge in [0, 0.05) is 4.47 Å². The highest BCUT2D eigenvalue weighted by Gasteiger charge is 2.30. The lowest BCUT2D eigenvalue weighted by atomic mass is 10.3.